The average Bonchev–Trinajstić information content (AvgIpc) is 3.24. The maximum atomic E-state index is 13.3. The number of hydrogen-bond acceptors (Lipinski definition) is 8. The van der Waals surface area contributed by atoms with Gasteiger partial charge in [-0.05, 0) is 48.0 Å². The van der Waals surface area contributed by atoms with Crippen LogP contribution >= 0.6 is 23.1 Å². The van der Waals surface area contributed by atoms with Crippen LogP contribution < -0.4 is 4.72 Å². The molecule has 0 fully saturated rings. The minimum absolute atomic E-state index is 0.0219. The summed E-state index contributed by atoms with van der Waals surface area (Å²) in [5.74, 6) is 0.0473. The van der Waals surface area contributed by atoms with Crippen molar-refractivity contribution in [3.63, 3.8) is 0 Å². The molecule has 2 N–H and O–H groups in total. The Balaban J connectivity index is 1.61. The molecule has 0 radical (unpaired) electrons. The van der Waals surface area contributed by atoms with Gasteiger partial charge >= 0.3 is 0 Å². The molecule has 0 unspecified atom stereocenters. The third kappa shape index (κ3) is 4.11. The van der Waals surface area contributed by atoms with Crippen LogP contribution in [0.25, 0.3) is 21.0 Å². The van der Waals surface area contributed by atoms with Crippen LogP contribution in [0.1, 0.15) is 5.56 Å². The number of nitroso groups, excluding NO2 is 1. The van der Waals surface area contributed by atoms with Crippen LogP contribution in [0, 0.1) is 11.8 Å². The second kappa shape index (κ2) is 8.71. The molecular weight excluding hydrogens is 490 g/mol. The monoisotopic (exact) mass is 507 g/mol. The number of aromatic nitrogens is 1. The molecule has 0 saturated carbocycles. The summed E-state index contributed by atoms with van der Waals surface area (Å²) in [5.41, 5.74) is 1.66. The molecule has 1 heterocycles. The summed E-state index contributed by atoms with van der Waals surface area (Å²) in [6, 6.07) is 20.6. The van der Waals surface area contributed by atoms with E-state index in [2.05, 4.69) is 14.9 Å². The molecule has 4 aromatic carbocycles. The number of rotatable bonds is 6. The molecule has 0 aliphatic heterocycles. The van der Waals surface area contributed by atoms with Crippen molar-refractivity contribution in [2.45, 2.75) is 21.1 Å². The van der Waals surface area contributed by atoms with Gasteiger partial charge in [-0.2, -0.15) is 0 Å². The van der Waals surface area contributed by atoms with E-state index in [9.17, 15) is 18.4 Å². The van der Waals surface area contributed by atoms with E-state index < -0.39 is 10.0 Å². The summed E-state index contributed by atoms with van der Waals surface area (Å²) in [6.07, 6.45) is 0. The van der Waals surface area contributed by atoms with Crippen LogP contribution in [0.3, 0.4) is 0 Å². The van der Waals surface area contributed by atoms with Gasteiger partial charge in [0.2, 0.25) is 0 Å². The fourth-order valence-electron chi connectivity index (χ4n) is 3.62. The Kier molecular flexibility index (Phi) is 5.72. The van der Waals surface area contributed by atoms with Crippen molar-refractivity contribution >= 4 is 65.5 Å². The second-order valence-corrected chi connectivity index (χ2v) is 11.5. The Morgan fingerprint density at radius 3 is 2.50 bits per heavy atom. The van der Waals surface area contributed by atoms with Crippen LogP contribution in [-0.4, -0.2) is 18.5 Å². The van der Waals surface area contributed by atoms with Gasteiger partial charge in [0.1, 0.15) is 11.4 Å². The van der Waals surface area contributed by atoms with Gasteiger partial charge in [0.05, 0.1) is 25.7 Å². The van der Waals surface area contributed by atoms with Crippen LogP contribution in [-0.2, 0) is 10.0 Å². The summed E-state index contributed by atoms with van der Waals surface area (Å²) in [4.78, 5) is 16.0. The van der Waals surface area contributed by atoms with Gasteiger partial charge in [-0.1, -0.05) is 54.2 Å². The van der Waals surface area contributed by atoms with Crippen LogP contribution in [0.15, 0.2) is 92.1 Å². The predicted octanol–water partition coefficient (Wildman–Crippen LogP) is 6.81. The highest BCUT2D eigenvalue weighted by atomic mass is 32.2. The zero-order valence-corrected chi connectivity index (χ0v) is 20.2. The van der Waals surface area contributed by atoms with Crippen molar-refractivity contribution in [2.24, 2.45) is 5.18 Å². The van der Waals surface area contributed by atoms with Gasteiger partial charge in [0, 0.05) is 10.8 Å². The molecule has 0 bridgehead atoms. The van der Waals surface area contributed by atoms with Gasteiger partial charge in [0.25, 0.3) is 10.0 Å². The lowest BCUT2D eigenvalue weighted by molar-refractivity contribution is 0.469. The molecule has 1 aromatic heterocycles. The first-order valence-electron chi connectivity index (χ1n) is 10.1. The summed E-state index contributed by atoms with van der Waals surface area (Å²) in [5, 5.41) is 14.9. The second-order valence-electron chi connectivity index (χ2n) is 7.51. The van der Waals surface area contributed by atoms with E-state index in [4.69, 9.17) is 0 Å². The highest BCUT2D eigenvalue weighted by molar-refractivity contribution is 8.01. The molecule has 170 valence electrons. The van der Waals surface area contributed by atoms with Crippen LogP contribution in [0.5, 0.6) is 5.75 Å². The zero-order valence-electron chi connectivity index (χ0n) is 17.7. The van der Waals surface area contributed by atoms with Crippen LogP contribution in [0.2, 0.25) is 0 Å². The van der Waals surface area contributed by atoms with E-state index in [1.807, 2.05) is 24.3 Å². The highest BCUT2D eigenvalue weighted by Gasteiger charge is 2.21. The quantitative estimate of drug-likeness (QED) is 0.193. The fourth-order valence-corrected chi connectivity index (χ4v) is 7.07. The van der Waals surface area contributed by atoms with E-state index in [1.165, 1.54) is 41.3 Å². The van der Waals surface area contributed by atoms with Crippen molar-refractivity contribution < 1.29 is 13.5 Å². The first-order chi connectivity index (χ1) is 16.4. The first-order valence-corrected chi connectivity index (χ1v) is 13.2. The number of phenolic OH excluding ortho intramolecular Hbond substituents is 1. The predicted molar refractivity (Wildman–Crippen MR) is 137 cm³/mol. The zero-order chi connectivity index (χ0) is 23.9. The van der Waals surface area contributed by atoms with Crippen molar-refractivity contribution in [2.75, 3.05) is 4.72 Å². The molecular formula is C24H17N3O4S3. The van der Waals surface area contributed by atoms with Crippen molar-refractivity contribution in [3.05, 3.63) is 83.3 Å². The van der Waals surface area contributed by atoms with E-state index in [-0.39, 0.29) is 16.3 Å². The van der Waals surface area contributed by atoms with Gasteiger partial charge in [-0.15, -0.1) is 16.2 Å². The van der Waals surface area contributed by atoms with E-state index >= 15 is 0 Å². The van der Waals surface area contributed by atoms with E-state index in [0.717, 1.165) is 14.6 Å². The largest absolute Gasteiger partial charge is 0.506 e. The molecule has 0 amide bonds. The summed E-state index contributed by atoms with van der Waals surface area (Å²) in [6.45, 7) is 1.65. The summed E-state index contributed by atoms with van der Waals surface area (Å²) in [7, 11) is -4.04. The maximum absolute atomic E-state index is 13.3. The number of hydrogen-bond donors (Lipinski definition) is 2. The Hall–Kier alpha value is -3.47. The molecule has 10 heteroatoms. The molecule has 0 aliphatic rings. The van der Waals surface area contributed by atoms with E-state index in [1.54, 1.807) is 37.3 Å². The fraction of sp³-hybridized carbons (Fsp3) is 0.0417. The number of anilines is 1. The molecule has 5 aromatic rings. The lowest BCUT2D eigenvalue weighted by atomic mass is 10.1. The smallest absolute Gasteiger partial charge is 0.262 e. The topological polar surface area (TPSA) is 109 Å². The van der Waals surface area contributed by atoms with Gasteiger partial charge in [-0.25, -0.2) is 13.4 Å². The number of aromatic hydroxyl groups is 1. The van der Waals surface area contributed by atoms with Gasteiger partial charge in [-0.3, -0.25) is 4.72 Å². The Bertz CT molecular complexity index is 1650. The Morgan fingerprint density at radius 2 is 1.74 bits per heavy atom. The van der Waals surface area contributed by atoms with Crippen molar-refractivity contribution in [1.29, 1.82) is 0 Å². The normalized spacial score (nSPS) is 11.7. The van der Waals surface area contributed by atoms with Crippen molar-refractivity contribution in [1.82, 2.24) is 4.98 Å². The molecule has 0 spiro atoms. The molecule has 34 heavy (non-hydrogen) atoms. The molecule has 5 rings (SSSR count). The lowest BCUT2D eigenvalue weighted by Crippen LogP contribution is -2.14. The lowest BCUT2D eigenvalue weighted by Gasteiger charge is -2.15. The minimum Gasteiger partial charge on any atom is -0.506 e. The Morgan fingerprint density at radius 1 is 1.00 bits per heavy atom. The SMILES string of the molecule is Cc1ccc(N=O)cc1S(=O)(=O)Nc1cc(Sc2nc3ccccc3s2)c(O)c2ccccc12. The molecule has 0 atom stereocenters. The van der Waals surface area contributed by atoms with Crippen LogP contribution in [0.4, 0.5) is 11.4 Å². The van der Waals surface area contributed by atoms with Crippen molar-refractivity contribution in [3.8, 4) is 5.75 Å². The molecule has 0 aliphatic carbocycles. The third-order valence-corrected chi connectivity index (χ3v) is 8.90. The van der Waals surface area contributed by atoms with Gasteiger partial charge < -0.3 is 5.11 Å². The average molecular weight is 508 g/mol. The number of sulfonamides is 1. The van der Waals surface area contributed by atoms with Gasteiger partial charge in [0.15, 0.2) is 4.34 Å². The number of nitrogens with one attached hydrogen (secondary N) is 1. The third-order valence-electron chi connectivity index (χ3n) is 5.26. The number of nitrogens with zero attached hydrogens (tertiary/aromatic N) is 2. The standard InChI is InChI=1S/C24H17N3O4S3/c1-14-10-11-15(26-29)12-22(14)34(30,31)27-19-13-21(23(28)17-7-3-2-6-16(17)19)33-24-25-18-8-4-5-9-20(18)32-24/h2-13,27-28H,1H3. The Labute approximate surface area is 203 Å². The number of thiazole rings is 1. The molecule has 7 nitrogen and oxygen atoms in total. The first kappa shape index (κ1) is 22.3. The minimum atomic E-state index is -4.04. The molecule has 0 saturated heterocycles. The highest BCUT2D eigenvalue weighted by Crippen LogP contribution is 2.44. The number of para-hydroxylation sites is 1. The summed E-state index contributed by atoms with van der Waals surface area (Å²) < 4.78 is 30.9. The summed E-state index contributed by atoms with van der Waals surface area (Å²) >= 11 is 2.76. The van der Waals surface area contributed by atoms with E-state index in [0.29, 0.717) is 26.9 Å². The maximum Gasteiger partial charge on any atom is 0.262 e. The number of aryl methyl sites for hydroxylation is 1. The number of fused-ring (bicyclic) bond motifs is 2. The number of phenols is 1. The number of benzene rings is 4.